The maximum absolute atomic E-state index is 12.8. The molecule has 1 heterocycles. The summed E-state index contributed by atoms with van der Waals surface area (Å²) >= 11 is 0. The summed E-state index contributed by atoms with van der Waals surface area (Å²) < 4.78 is 38.3. The Morgan fingerprint density at radius 3 is 2.65 bits per heavy atom. The Kier molecular flexibility index (Phi) is 6.63. The number of hydrogen-bond donors (Lipinski definition) is 1. The average molecular weight is 372 g/mol. The summed E-state index contributed by atoms with van der Waals surface area (Å²) in [6.45, 7) is 0.963. The first-order valence-corrected chi connectivity index (χ1v) is 8.53. The molecule has 5 nitrogen and oxygen atoms in total. The molecule has 1 aromatic rings. The molecule has 0 unspecified atom stereocenters. The fourth-order valence-corrected chi connectivity index (χ4v) is 3.26. The molecule has 144 valence electrons. The second-order valence-corrected chi connectivity index (χ2v) is 6.65. The molecule has 1 aromatic carbocycles. The van der Waals surface area contributed by atoms with Crippen LogP contribution < -0.4 is 0 Å². The predicted molar refractivity (Wildman–Crippen MR) is 89.6 cm³/mol. The van der Waals surface area contributed by atoms with Gasteiger partial charge in [-0.15, -0.1) is 0 Å². The number of aliphatic carboxylic acids is 1. The van der Waals surface area contributed by atoms with Crippen molar-refractivity contribution >= 4 is 11.9 Å². The Bertz CT molecular complexity index is 649. The van der Waals surface area contributed by atoms with Crippen LogP contribution in [0.4, 0.5) is 13.2 Å². The Hall–Kier alpha value is -2.09. The molecule has 0 saturated carbocycles. The summed E-state index contributed by atoms with van der Waals surface area (Å²) in [5.41, 5.74) is -0.414. The smallest absolute Gasteiger partial charge is 0.416 e. The molecule has 2 rings (SSSR count). The van der Waals surface area contributed by atoms with Crippen LogP contribution in [-0.4, -0.2) is 59.5 Å². The van der Waals surface area contributed by atoms with Gasteiger partial charge in [0.05, 0.1) is 18.5 Å². The average Bonchev–Trinajstić information content (AvgIpc) is 2.80. The van der Waals surface area contributed by atoms with Gasteiger partial charge in [-0.25, -0.2) is 0 Å². The molecule has 26 heavy (non-hydrogen) atoms. The summed E-state index contributed by atoms with van der Waals surface area (Å²) in [6, 6.07) is 4.92. The lowest BCUT2D eigenvalue weighted by molar-refractivity contribution is -0.139. The molecule has 1 aliphatic heterocycles. The number of carboxylic acid groups (broad SMARTS) is 1. The number of likely N-dealkylation sites (tertiary alicyclic amines) is 1. The van der Waals surface area contributed by atoms with Crippen molar-refractivity contribution in [3.63, 3.8) is 0 Å². The molecule has 0 bridgehead atoms. The Labute approximate surface area is 150 Å². The van der Waals surface area contributed by atoms with Crippen LogP contribution >= 0.6 is 0 Å². The van der Waals surface area contributed by atoms with E-state index in [1.807, 2.05) is 0 Å². The lowest BCUT2D eigenvalue weighted by atomic mass is 10.1. The summed E-state index contributed by atoms with van der Waals surface area (Å²) in [7, 11) is 1.75. The van der Waals surface area contributed by atoms with Crippen LogP contribution in [0.5, 0.6) is 0 Å². The Morgan fingerprint density at radius 2 is 2.00 bits per heavy atom. The highest BCUT2D eigenvalue weighted by Crippen LogP contribution is 2.29. The van der Waals surface area contributed by atoms with E-state index in [0.717, 1.165) is 25.0 Å². The van der Waals surface area contributed by atoms with Crippen molar-refractivity contribution in [1.29, 1.82) is 0 Å². The third-order valence-corrected chi connectivity index (χ3v) is 4.67. The number of amides is 1. The highest BCUT2D eigenvalue weighted by molar-refractivity contribution is 5.78. The van der Waals surface area contributed by atoms with Gasteiger partial charge >= 0.3 is 12.1 Å². The third-order valence-electron chi connectivity index (χ3n) is 4.67. The van der Waals surface area contributed by atoms with E-state index in [9.17, 15) is 22.8 Å². The molecule has 1 N–H and O–H groups in total. The summed E-state index contributed by atoms with van der Waals surface area (Å²) in [5.74, 6) is -1.10. The van der Waals surface area contributed by atoms with Crippen molar-refractivity contribution in [3.8, 4) is 0 Å². The SMILES string of the molecule is CN(CC(=O)O)[C@@H]1CCCN(C(=O)Cc2cccc(C(F)(F)F)c2)CC1. The van der Waals surface area contributed by atoms with Crippen LogP contribution in [0.3, 0.4) is 0 Å². The molecule has 1 fully saturated rings. The minimum absolute atomic E-state index is 0.0527. The van der Waals surface area contributed by atoms with Gasteiger partial charge in [0.15, 0.2) is 0 Å². The number of carbonyl (C=O) groups excluding carboxylic acids is 1. The minimum Gasteiger partial charge on any atom is -0.480 e. The van der Waals surface area contributed by atoms with Crippen LogP contribution in [0.1, 0.15) is 30.4 Å². The number of carboxylic acids is 1. The zero-order valence-corrected chi connectivity index (χ0v) is 14.6. The zero-order valence-electron chi connectivity index (χ0n) is 14.6. The lowest BCUT2D eigenvalue weighted by Crippen LogP contribution is -2.37. The second-order valence-electron chi connectivity index (χ2n) is 6.65. The van der Waals surface area contributed by atoms with Gasteiger partial charge in [-0.1, -0.05) is 18.2 Å². The number of benzene rings is 1. The van der Waals surface area contributed by atoms with Crippen LogP contribution in [0.2, 0.25) is 0 Å². The Balaban J connectivity index is 1.95. The number of hydrogen-bond acceptors (Lipinski definition) is 3. The molecule has 8 heteroatoms. The number of carbonyl (C=O) groups is 2. The standard InChI is InChI=1S/C18H23F3N2O3/c1-22(12-17(25)26)15-6-3-8-23(9-7-15)16(24)11-13-4-2-5-14(10-13)18(19,20)21/h2,4-5,10,15H,3,6-9,11-12H2,1H3,(H,25,26)/t15-/m1/s1. The van der Waals surface area contributed by atoms with Gasteiger partial charge < -0.3 is 10.0 Å². The highest BCUT2D eigenvalue weighted by Gasteiger charge is 2.30. The molecule has 1 saturated heterocycles. The van der Waals surface area contributed by atoms with Gasteiger partial charge in [0.25, 0.3) is 0 Å². The molecule has 1 amide bonds. The van der Waals surface area contributed by atoms with E-state index < -0.39 is 17.7 Å². The minimum atomic E-state index is -4.43. The normalized spacial score (nSPS) is 18.7. The fraction of sp³-hybridized carbons (Fsp3) is 0.556. The first-order valence-electron chi connectivity index (χ1n) is 8.53. The number of halogens is 3. The van der Waals surface area contributed by atoms with Crippen LogP contribution in [0.25, 0.3) is 0 Å². The lowest BCUT2D eigenvalue weighted by Gasteiger charge is -2.25. The van der Waals surface area contributed by atoms with Crippen molar-refractivity contribution in [3.05, 3.63) is 35.4 Å². The third kappa shape index (κ3) is 5.72. The quantitative estimate of drug-likeness (QED) is 0.863. The van der Waals surface area contributed by atoms with Crippen LogP contribution in [0.15, 0.2) is 24.3 Å². The largest absolute Gasteiger partial charge is 0.480 e. The summed E-state index contributed by atoms with van der Waals surface area (Å²) in [5, 5.41) is 8.88. The van der Waals surface area contributed by atoms with E-state index in [2.05, 4.69) is 0 Å². The molecule has 1 atom stereocenters. The molecule has 1 aliphatic rings. The van der Waals surface area contributed by atoms with Crippen molar-refractivity contribution in [2.24, 2.45) is 0 Å². The fourth-order valence-electron chi connectivity index (χ4n) is 3.26. The first kappa shape index (κ1) is 20.2. The number of rotatable bonds is 5. The monoisotopic (exact) mass is 372 g/mol. The second kappa shape index (κ2) is 8.53. The van der Waals surface area contributed by atoms with E-state index in [-0.39, 0.29) is 24.9 Å². The molecule has 0 spiro atoms. The summed E-state index contributed by atoms with van der Waals surface area (Å²) in [6.07, 6.45) is -2.32. The number of nitrogens with zero attached hydrogens (tertiary/aromatic N) is 2. The van der Waals surface area contributed by atoms with E-state index in [4.69, 9.17) is 5.11 Å². The molecule has 0 aliphatic carbocycles. The molecule has 0 radical (unpaired) electrons. The van der Waals surface area contributed by atoms with E-state index in [0.29, 0.717) is 25.1 Å². The maximum Gasteiger partial charge on any atom is 0.416 e. The van der Waals surface area contributed by atoms with E-state index in [1.54, 1.807) is 16.8 Å². The van der Waals surface area contributed by atoms with Crippen molar-refractivity contribution < 1.29 is 27.9 Å². The van der Waals surface area contributed by atoms with E-state index >= 15 is 0 Å². The maximum atomic E-state index is 12.8. The van der Waals surface area contributed by atoms with Gasteiger partial charge in [0.1, 0.15) is 0 Å². The summed E-state index contributed by atoms with van der Waals surface area (Å²) in [4.78, 5) is 26.7. The van der Waals surface area contributed by atoms with Crippen LogP contribution in [0, 0.1) is 0 Å². The number of likely N-dealkylation sites (N-methyl/N-ethyl adjacent to an activating group) is 1. The van der Waals surface area contributed by atoms with Crippen molar-refractivity contribution in [2.45, 2.75) is 37.9 Å². The van der Waals surface area contributed by atoms with Crippen molar-refractivity contribution in [2.75, 3.05) is 26.7 Å². The van der Waals surface area contributed by atoms with Gasteiger partial charge in [0, 0.05) is 19.1 Å². The predicted octanol–water partition coefficient (Wildman–Crippen LogP) is 2.65. The van der Waals surface area contributed by atoms with Gasteiger partial charge in [-0.2, -0.15) is 13.2 Å². The van der Waals surface area contributed by atoms with Gasteiger partial charge in [-0.05, 0) is 37.9 Å². The van der Waals surface area contributed by atoms with Crippen molar-refractivity contribution in [1.82, 2.24) is 9.80 Å². The topological polar surface area (TPSA) is 60.9 Å². The van der Waals surface area contributed by atoms with E-state index in [1.165, 1.54) is 12.1 Å². The van der Waals surface area contributed by atoms with Gasteiger partial charge in [-0.3, -0.25) is 14.5 Å². The molecular formula is C18H23F3N2O3. The van der Waals surface area contributed by atoms with Crippen LogP contribution in [-0.2, 0) is 22.2 Å². The highest BCUT2D eigenvalue weighted by atomic mass is 19.4. The molecular weight excluding hydrogens is 349 g/mol. The van der Waals surface area contributed by atoms with Gasteiger partial charge in [0.2, 0.25) is 5.91 Å². The number of alkyl halides is 3. The Morgan fingerprint density at radius 1 is 1.27 bits per heavy atom. The first-order chi connectivity index (χ1) is 12.2. The zero-order chi connectivity index (χ0) is 19.3. The molecule has 0 aromatic heterocycles.